The minimum atomic E-state index is 0.765. The summed E-state index contributed by atoms with van der Waals surface area (Å²) in [5.41, 5.74) is 0. The first kappa shape index (κ1) is 27.7. The largest absolute Gasteiger partial charge is 0.0883 e. The zero-order valence-electron chi connectivity index (χ0n) is 20.6. The van der Waals surface area contributed by atoms with Gasteiger partial charge in [-0.25, -0.2) is 0 Å². The van der Waals surface area contributed by atoms with Crippen LogP contribution in [-0.2, 0) is 0 Å². The van der Waals surface area contributed by atoms with Crippen molar-refractivity contribution in [3.05, 3.63) is 12.2 Å². The monoisotopic (exact) mass is 392 g/mol. The van der Waals surface area contributed by atoms with E-state index in [9.17, 15) is 0 Å². The molecule has 3 atom stereocenters. The molecule has 0 N–H and O–H groups in total. The third-order valence-electron chi connectivity index (χ3n) is 6.51. The Kier molecular flexibility index (Phi) is 21.2. The van der Waals surface area contributed by atoms with Crippen LogP contribution in [0.1, 0.15) is 150 Å². The zero-order valence-corrected chi connectivity index (χ0v) is 20.6. The van der Waals surface area contributed by atoms with Gasteiger partial charge in [0.15, 0.2) is 0 Å². The molecule has 0 radical (unpaired) electrons. The van der Waals surface area contributed by atoms with E-state index >= 15 is 0 Å². The first-order valence-electron chi connectivity index (χ1n) is 13.3. The maximum Gasteiger partial charge on any atom is -0.0262 e. The number of rotatable bonds is 21. The standard InChI is InChI=1S/C28H56/c1-6-8-10-12-13-15-17-20-26(3)22-18-19-23-28(5)25-24-27(4)21-16-14-11-9-7-2/h19,23,26-28H,6-18,20-22,24-25H2,1-5H3/b23-19+. The van der Waals surface area contributed by atoms with Crippen LogP contribution in [0.15, 0.2) is 12.2 Å². The average molecular weight is 393 g/mol. The normalized spacial score (nSPS) is 15.2. The van der Waals surface area contributed by atoms with Gasteiger partial charge in [-0.15, -0.1) is 0 Å². The zero-order chi connectivity index (χ0) is 20.9. The SMILES string of the molecule is CCCCCCCCCC(C)CC/C=C/C(C)CCC(C)CCCCCCC. The smallest absolute Gasteiger partial charge is 0.0262 e. The molecule has 0 fully saturated rings. The molecule has 0 aliphatic heterocycles. The Balaban J connectivity index is 3.54. The fourth-order valence-corrected chi connectivity index (χ4v) is 4.19. The predicted molar refractivity (Wildman–Crippen MR) is 131 cm³/mol. The summed E-state index contributed by atoms with van der Waals surface area (Å²) in [5.74, 6) is 2.59. The molecule has 3 unspecified atom stereocenters. The molecule has 0 heteroatoms. The lowest BCUT2D eigenvalue weighted by Crippen LogP contribution is -1.99. The van der Waals surface area contributed by atoms with Gasteiger partial charge in [0, 0.05) is 0 Å². The summed E-state index contributed by atoms with van der Waals surface area (Å²) in [6.45, 7) is 11.9. The van der Waals surface area contributed by atoms with E-state index < -0.39 is 0 Å². The van der Waals surface area contributed by atoms with Gasteiger partial charge in [0.05, 0.1) is 0 Å². The molecule has 0 heterocycles. The van der Waals surface area contributed by atoms with Crippen LogP contribution < -0.4 is 0 Å². The molecule has 0 amide bonds. The molecule has 28 heavy (non-hydrogen) atoms. The first-order chi connectivity index (χ1) is 13.6. The van der Waals surface area contributed by atoms with Crippen LogP contribution in [-0.4, -0.2) is 0 Å². The Morgan fingerprint density at radius 3 is 1.50 bits per heavy atom. The van der Waals surface area contributed by atoms with Crippen LogP contribution >= 0.6 is 0 Å². The molecule has 0 aliphatic carbocycles. The minimum Gasteiger partial charge on any atom is -0.0883 e. The van der Waals surface area contributed by atoms with Crippen molar-refractivity contribution in [3.63, 3.8) is 0 Å². The van der Waals surface area contributed by atoms with Crippen LogP contribution in [0, 0.1) is 17.8 Å². The van der Waals surface area contributed by atoms with Crippen molar-refractivity contribution < 1.29 is 0 Å². The molecule has 0 rings (SSSR count). The van der Waals surface area contributed by atoms with E-state index in [4.69, 9.17) is 0 Å². The van der Waals surface area contributed by atoms with Gasteiger partial charge in [-0.3, -0.25) is 0 Å². The van der Waals surface area contributed by atoms with Crippen molar-refractivity contribution in [2.24, 2.45) is 17.8 Å². The molecule has 0 saturated heterocycles. The lowest BCUT2D eigenvalue weighted by atomic mass is 9.93. The highest BCUT2D eigenvalue weighted by molar-refractivity contribution is 4.86. The van der Waals surface area contributed by atoms with Gasteiger partial charge < -0.3 is 0 Å². The third-order valence-corrected chi connectivity index (χ3v) is 6.51. The highest BCUT2D eigenvalue weighted by atomic mass is 14.1. The summed E-state index contributed by atoms with van der Waals surface area (Å²) in [6.07, 6.45) is 30.5. The molecule has 0 saturated carbocycles. The lowest BCUT2D eigenvalue weighted by Gasteiger charge is -2.13. The second kappa shape index (κ2) is 21.4. The molecular weight excluding hydrogens is 336 g/mol. The molecule has 0 spiro atoms. The molecule has 168 valence electrons. The van der Waals surface area contributed by atoms with Gasteiger partial charge in [0.2, 0.25) is 0 Å². The number of hydrogen-bond donors (Lipinski definition) is 0. The highest BCUT2D eigenvalue weighted by Gasteiger charge is 2.05. The Morgan fingerprint density at radius 2 is 0.964 bits per heavy atom. The van der Waals surface area contributed by atoms with Crippen molar-refractivity contribution in [2.45, 2.75) is 150 Å². The van der Waals surface area contributed by atoms with Gasteiger partial charge in [-0.05, 0) is 37.0 Å². The van der Waals surface area contributed by atoms with E-state index in [2.05, 4.69) is 46.8 Å². The van der Waals surface area contributed by atoms with E-state index in [0.717, 1.165) is 17.8 Å². The Labute approximate surface area is 180 Å². The Morgan fingerprint density at radius 1 is 0.500 bits per heavy atom. The molecule has 0 nitrogen and oxygen atoms in total. The Bertz CT molecular complexity index is 316. The number of allylic oxidation sites excluding steroid dienone is 2. The quantitative estimate of drug-likeness (QED) is 0.134. The van der Waals surface area contributed by atoms with E-state index in [0.29, 0.717) is 0 Å². The van der Waals surface area contributed by atoms with Crippen LogP contribution in [0.2, 0.25) is 0 Å². The van der Waals surface area contributed by atoms with Gasteiger partial charge in [-0.1, -0.05) is 143 Å². The van der Waals surface area contributed by atoms with Crippen LogP contribution in [0.5, 0.6) is 0 Å². The van der Waals surface area contributed by atoms with Gasteiger partial charge >= 0.3 is 0 Å². The number of hydrogen-bond acceptors (Lipinski definition) is 0. The maximum atomic E-state index is 2.49. The third kappa shape index (κ3) is 20.5. The van der Waals surface area contributed by atoms with E-state index in [1.54, 1.807) is 0 Å². The van der Waals surface area contributed by atoms with E-state index in [-0.39, 0.29) is 0 Å². The van der Waals surface area contributed by atoms with Crippen molar-refractivity contribution in [1.82, 2.24) is 0 Å². The highest BCUT2D eigenvalue weighted by Crippen LogP contribution is 2.20. The van der Waals surface area contributed by atoms with Crippen molar-refractivity contribution >= 4 is 0 Å². The number of unbranched alkanes of at least 4 members (excludes halogenated alkanes) is 10. The predicted octanol–water partition coefficient (Wildman–Crippen LogP) is 10.5. The van der Waals surface area contributed by atoms with Crippen molar-refractivity contribution in [3.8, 4) is 0 Å². The van der Waals surface area contributed by atoms with Gasteiger partial charge in [0.1, 0.15) is 0 Å². The lowest BCUT2D eigenvalue weighted by molar-refractivity contribution is 0.422. The molecule has 0 aromatic rings. The molecule has 0 bridgehead atoms. The molecule has 0 aromatic heterocycles. The first-order valence-corrected chi connectivity index (χ1v) is 13.3. The summed E-state index contributed by atoms with van der Waals surface area (Å²) < 4.78 is 0. The second-order valence-corrected chi connectivity index (χ2v) is 9.88. The van der Waals surface area contributed by atoms with Crippen molar-refractivity contribution in [2.75, 3.05) is 0 Å². The summed E-state index contributed by atoms with van der Waals surface area (Å²) in [4.78, 5) is 0. The van der Waals surface area contributed by atoms with Crippen LogP contribution in [0.25, 0.3) is 0 Å². The fourth-order valence-electron chi connectivity index (χ4n) is 4.19. The summed E-state index contributed by atoms with van der Waals surface area (Å²) >= 11 is 0. The van der Waals surface area contributed by atoms with Crippen LogP contribution in [0.4, 0.5) is 0 Å². The Hall–Kier alpha value is -0.260. The van der Waals surface area contributed by atoms with Gasteiger partial charge in [-0.2, -0.15) is 0 Å². The topological polar surface area (TPSA) is 0 Å². The minimum absolute atomic E-state index is 0.765. The molecule has 0 aliphatic rings. The molecular formula is C28H56. The molecule has 0 aromatic carbocycles. The summed E-state index contributed by atoms with van der Waals surface area (Å²) in [7, 11) is 0. The summed E-state index contributed by atoms with van der Waals surface area (Å²) in [6, 6.07) is 0. The van der Waals surface area contributed by atoms with Gasteiger partial charge in [0.25, 0.3) is 0 Å². The maximum absolute atomic E-state index is 2.49. The second-order valence-electron chi connectivity index (χ2n) is 9.88. The van der Waals surface area contributed by atoms with Crippen LogP contribution in [0.3, 0.4) is 0 Å². The van der Waals surface area contributed by atoms with E-state index in [1.165, 1.54) is 116 Å². The fraction of sp³-hybridized carbons (Fsp3) is 0.929. The van der Waals surface area contributed by atoms with E-state index in [1.807, 2.05) is 0 Å². The average Bonchev–Trinajstić information content (AvgIpc) is 2.68. The van der Waals surface area contributed by atoms with Crippen molar-refractivity contribution in [1.29, 1.82) is 0 Å². The summed E-state index contributed by atoms with van der Waals surface area (Å²) in [5, 5.41) is 0.